The van der Waals surface area contributed by atoms with Crippen LogP contribution in [0.25, 0.3) is 0 Å². The molecule has 144 valence electrons. The zero-order valence-corrected chi connectivity index (χ0v) is 16.0. The van der Waals surface area contributed by atoms with Gasteiger partial charge in [0.05, 0.1) is 21.3 Å². The largest absolute Gasteiger partial charge is 0.493 e. The van der Waals surface area contributed by atoms with Crippen LogP contribution in [0.15, 0.2) is 36.4 Å². The summed E-state index contributed by atoms with van der Waals surface area (Å²) >= 11 is 5.87. The number of benzene rings is 2. The Kier molecular flexibility index (Phi) is 7.31. The van der Waals surface area contributed by atoms with Crippen molar-refractivity contribution >= 4 is 23.5 Å². The van der Waals surface area contributed by atoms with Crippen molar-refractivity contribution in [2.45, 2.75) is 6.61 Å². The second kappa shape index (κ2) is 9.68. The highest BCUT2D eigenvalue weighted by molar-refractivity contribution is 6.30. The maximum absolute atomic E-state index is 12.3. The van der Waals surface area contributed by atoms with Crippen molar-refractivity contribution in [1.29, 1.82) is 0 Å². The Hall–Kier alpha value is -2.93. The van der Waals surface area contributed by atoms with Crippen LogP contribution in [0.5, 0.6) is 17.2 Å². The molecule has 7 nitrogen and oxygen atoms in total. The van der Waals surface area contributed by atoms with E-state index in [4.69, 9.17) is 30.5 Å². The third kappa shape index (κ3) is 5.52. The van der Waals surface area contributed by atoms with Gasteiger partial charge in [0.2, 0.25) is 5.75 Å². The maximum Gasteiger partial charge on any atom is 0.325 e. The van der Waals surface area contributed by atoms with Gasteiger partial charge in [-0.3, -0.25) is 9.59 Å². The number of hydrogen-bond donors (Lipinski definition) is 1. The van der Waals surface area contributed by atoms with Crippen LogP contribution in [0, 0.1) is 0 Å². The van der Waals surface area contributed by atoms with Crippen molar-refractivity contribution in [2.75, 3.05) is 27.9 Å². The smallest absolute Gasteiger partial charge is 0.325 e. The van der Waals surface area contributed by atoms with E-state index >= 15 is 0 Å². The second-order valence-electron chi connectivity index (χ2n) is 5.39. The zero-order chi connectivity index (χ0) is 19.8. The van der Waals surface area contributed by atoms with Crippen LogP contribution in [0.2, 0.25) is 5.02 Å². The fourth-order valence-corrected chi connectivity index (χ4v) is 2.52. The molecule has 0 fully saturated rings. The van der Waals surface area contributed by atoms with Crippen molar-refractivity contribution in [3.8, 4) is 17.2 Å². The lowest BCUT2D eigenvalue weighted by molar-refractivity contribution is -0.143. The molecule has 8 heteroatoms. The minimum Gasteiger partial charge on any atom is -0.493 e. The Morgan fingerprint density at radius 2 is 1.67 bits per heavy atom. The number of carbonyl (C=O) groups excluding carboxylic acids is 2. The Morgan fingerprint density at radius 3 is 2.22 bits per heavy atom. The molecule has 27 heavy (non-hydrogen) atoms. The molecule has 0 spiro atoms. The Labute approximate surface area is 162 Å². The van der Waals surface area contributed by atoms with E-state index < -0.39 is 11.9 Å². The first kappa shape index (κ1) is 20.4. The number of rotatable bonds is 8. The van der Waals surface area contributed by atoms with Gasteiger partial charge < -0.3 is 24.3 Å². The summed E-state index contributed by atoms with van der Waals surface area (Å²) in [4.78, 5) is 24.2. The first-order valence-corrected chi connectivity index (χ1v) is 8.34. The molecule has 0 heterocycles. The van der Waals surface area contributed by atoms with Gasteiger partial charge in [0.25, 0.3) is 5.91 Å². The third-order valence-electron chi connectivity index (χ3n) is 3.61. The van der Waals surface area contributed by atoms with E-state index in [1.165, 1.54) is 33.5 Å². The molecule has 2 aromatic carbocycles. The predicted molar refractivity (Wildman–Crippen MR) is 99.7 cm³/mol. The minimum atomic E-state index is -0.573. The van der Waals surface area contributed by atoms with Crippen LogP contribution in [0.1, 0.15) is 15.9 Å². The normalized spacial score (nSPS) is 10.1. The molecule has 0 aromatic heterocycles. The number of hydrogen-bond acceptors (Lipinski definition) is 6. The number of methoxy groups -OCH3 is 3. The molecule has 0 saturated carbocycles. The summed E-state index contributed by atoms with van der Waals surface area (Å²) in [5.41, 5.74) is 1.01. The monoisotopic (exact) mass is 393 g/mol. The van der Waals surface area contributed by atoms with Crippen LogP contribution in [0.3, 0.4) is 0 Å². The van der Waals surface area contributed by atoms with Crippen LogP contribution >= 0.6 is 11.6 Å². The van der Waals surface area contributed by atoms with E-state index in [1.807, 2.05) is 0 Å². The van der Waals surface area contributed by atoms with E-state index in [0.717, 1.165) is 5.56 Å². The van der Waals surface area contributed by atoms with Gasteiger partial charge >= 0.3 is 5.97 Å². The van der Waals surface area contributed by atoms with E-state index in [-0.39, 0.29) is 18.7 Å². The molecule has 0 unspecified atom stereocenters. The molecule has 1 amide bonds. The van der Waals surface area contributed by atoms with Crippen LogP contribution in [-0.2, 0) is 16.1 Å². The fourth-order valence-electron chi connectivity index (χ4n) is 2.31. The van der Waals surface area contributed by atoms with Gasteiger partial charge in [-0.1, -0.05) is 23.7 Å². The SMILES string of the molecule is COc1cc(C(=O)NCC(=O)OCc2cccc(Cl)c2)cc(OC)c1OC. The number of carbonyl (C=O) groups is 2. The van der Waals surface area contributed by atoms with E-state index in [0.29, 0.717) is 22.3 Å². The zero-order valence-electron chi connectivity index (χ0n) is 15.2. The lowest BCUT2D eigenvalue weighted by atomic mass is 10.1. The van der Waals surface area contributed by atoms with Gasteiger partial charge in [-0.25, -0.2) is 0 Å². The molecular weight excluding hydrogens is 374 g/mol. The molecule has 0 aliphatic carbocycles. The maximum atomic E-state index is 12.3. The number of ether oxygens (including phenoxy) is 4. The highest BCUT2D eigenvalue weighted by Crippen LogP contribution is 2.38. The first-order chi connectivity index (χ1) is 13.0. The average molecular weight is 394 g/mol. The average Bonchev–Trinajstić information content (AvgIpc) is 2.69. The third-order valence-corrected chi connectivity index (χ3v) is 3.84. The van der Waals surface area contributed by atoms with Gasteiger partial charge in [-0.05, 0) is 29.8 Å². The molecule has 0 saturated heterocycles. The summed E-state index contributed by atoms with van der Waals surface area (Å²) in [6.07, 6.45) is 0. The topological polar surface area (TPSA) is 83.1 Å². The number of esters is 1. The highest BCUT2D eigenvalue weighted by Gasteiger charge is 2.17. The molecule has 2 rings (SSSR count). The molecule has 0 bridgehead atoms. The van der Waals surface area contributed by atoms with Crippen molar-refractivity contribution in [3.05, 3.63) is 52.5 Å². The minimum absolute atomic E-state index is 0.0689. The molecule has 1 N–H and O–H groups in total. The summed E-state index contributed by atoms with van der Waals surface area (Å²) in [5, 5.41) is 3.05. The highest BCUT2D eigenvalue weighted by atomic mass is 35.5. The summed E-state index contributed by atoms with van der Waals surface area (Å²) < 4.78 is 20.7. The Bertz CT molecular complexity index is 799. The van der Waals surface area contributed by atoms with E-state index in [2.05, 4.69) is 5.32 Å². The standard InChI is InChI=1S/C19H20ClNO6/c1-24-15-8-13(9-16(25-2)18(15)26-3)19(23)21-10-17(22)27-11-12-5-4-6-14(20)7-12/h4-9H,10-11H2,1-3H3,(H,21,23). The second-order valence-corrected chi connectivity index (χ2v) is 5.82. The van der Waals surface area contributed by atoms with E-state index in [9.17, 15) is 9.59 Å². The summed E-state index contributed by atoms with van der Waals surface area (Å²) in [6, 6.07) is 9.96. The first-order valence-electron chi connectivity index (χ1n) is 7.96. The molecule has 0 aliphatic rings. The van der Waals surface area contributed by atoms with Crippen molar-refractivity contribution in [1.82, 2.24) is 5.32 Å². The Morgan fingerprint density at radius 1 is 1.00 bits per heavy atom. The van der Waals surface area contributed by atoms with Crippen LogP contribution < -0.4 is 19.5 Å². The Balaban J connectivity index is 1.95. The van der Waals surface area contributed by atoms with Gasteiger partial charge in [0.15, 0.2) is 11.5 Å². The van der Waals surface area contributed by atoms with Gasteiger partial charge in [0.1, 0.15) is 13.2 Å². The molecule has 0 aliphatic heterocycles. The summed E-state index contributed by atoms with van der Waals surface area (Å²) in [6.45, 7) is -0.213. The fraction of sp³-hybridized carbons (Fsp3) is 0.263. The predicted octanol–water partition coefficient (Wildman–Crippen LogP) is 2.84. The van der Waals surface area contributed by atoms with Crippen LogP contribution in [-0.4, -0.2) is 39.8 Å². The summed E-state index contributed by atoms with van der Waals surface area (Å²) in [5.74, 6) is -0.00160. The number of nitrogens with one attached hydrogen (secondary N) is 1. The van der Waals surface area contributed by atoms with Crippen molar-refractivity contribution in [2.24, 2.45) is 0 Å². The van der Waals surface area contributed by atoms with E-state index in [1.54, 1.807) is 24.3 Å². The number of amides is 1. The van der Waals surface area contributed by atoms with Gasteiger partial charge in [0, 0.05) is 10.6 Å². The lowest BCUT2D eigenvalue weighted by Crippen LogP contribution is -2.30. The van der Waals surface area contributed by atoms with Crippen molar-refractivity contribution in [3.63, 3.8) is 0 Å². The molecular formula is C19H20ClNO6. The number of halogens is 1. The van der Waals surface area contributed by atoms with Crippen LogP contribution in [0.4, 0.5) is 0 Å². The van der Waals surface area contributed by atoms with Gasteiger partial charge in [-0.15, -0.1) is 0 Å². The summed E-state index contributed by atoms with van der Waals surface area (Å²) in [7, 11) is 4.37. The van der Waals surface area contributed by atoms with Gasteiger partial charge in [-0.2, -0.15) is 0 Å². The molecule has 0 radical (unpaired) electrons. The quantitative estimate of drug-likeness (QED) is 0.694. The molecule has 0 atom stereocenters. The molecule has 2 aromatic rings. The van der Waals surface area contributed by atoms with Crippen molar-refractivity contribution < 1.29 is 28.5 Å². The lowest BCUT2D eigenvalue weighted by Gasteiger charge is -2.14.